The third kappa shape index (κ3) is 6.83. The summed E-state index contributed by atoms with van der Waals surface area (Å²) in [5.41, 5.74) is 4.22. The van der Waals surface area contributed by atoms with Crippen molar-refractivity contribution in [2.45, 2.75) is 70.1 Å². The Balaban J connectivity index is 1.73. The van der Waals surface area contributed by atoms with Gasteiger partial charge in [-0.2, -0.15) is 0 Å². The van der Waals surface area contributed by atoms with Gasteiger partial charge in [0.05, 0.1) is 19.8 Å². The Morgan fingerprint density at radius 1 is 1.03 bits per heavy atom. The fraction of sp³-hybridized carbons (Fsp3) is 0.500. The van der Waals surface area contributed by atoms with Gasteiger partial charge < -0.3 is 14.6 Å². The maximum Gasteiger partial charge on any atom is 0.337 e. The molecule has 0 bridgehead atoms. The number of unbranched alkanes of at least 4 members (excludes halogenated alkanes) is 2. The van der Waals surface area contributed by atoms with E-state index in [-0.39, 0.29) is 11.9 Å². The maximum atomic E-state index is 12.0. The van der Waals surface area contributed by atoms with Crippen LogP contribution < -0.4 is 0 Å². The second kappa shape index (κ2) is 12.4. The SMILES string of the molecule is COC(=O)CCCCCC(CCc1ccccc1O)C1CCCc2cc(C(=O)OC)ccc21. The summed E-state index contributed by atoms with van der Waals surface area (Å²) in [5, 5.41) is 10.2. The summed E-state index contributed by atoms with van der Waals surface area (Å²) in [6.45, 7) is 0. The molecule has 5 heteroatoms. The topological polar surface area (TPSA) is 72.8 Å². The minimum absolute atomic E-state index is 0.145. The first-order chi connectivity index (χ1) is 16.0. The van der Waals surface area contributed by atoms with Crippen LogP contribution in [0.25, 0.3) is 0 Å². The molecule has 1 aliphatic rings. The second-order valence-corrected chi connectivity index (χ2v) is 9.01. The summed E-state index contributed by atoms with van der Waals surface area (Å²) in [7, 11) is 2.85. The van der Waals surface area contributed by atoms with Gasteiger partial charge in [0.2, 0.25) is 0 Å². The summed E-state index contributed by atoms with van der Waals surface area (Å²) in [4.78, 5) is 23.4. The van der Waals surface area contributed by atoms with Gasteiger partial charge in [0, 0.05) is 6.42 Å². The molecule has 5 nitrogen and oxygen atoms in total. The lowest BCUT2D eigenvalue weighted by molar-refractivity contribution is -0.140. The van der Waals surface area contributed by atoms with Gasteiger partial charge in [-0.25, -0.2) is 4.79 Å². The number of rotatable bonds is 11. The molecule has 2 aromatic rings. The van der Waals surface area contributed by atoms with Crippen molar-refractivity contribution in [2.75, 3.05) is 14.2 Å². The number of fused-ring (bicyclic) bond motifs is 1. The van der Waals surface area contributed by atoms with Crippen LogP contribution in [0.5, 0.6) is 5.75 Å². The van der Waals surface area contributed by atoms with Crippen LogP contribution in [0.4, 0.5) is 0 Å². The predicted molar refractivity (Wildman–Crippen MR) is 128 cm³/mol. The molecule has 33 heavy (non-hydrogen) atoms. The zero-order valence-electron chi connectivity index (χ0n) is 19.8. The van der Waals surface area contributed by atoms with E-state index >= 15 is 0 Å². The molecule has 0 heterocycles. The smallest absolute Gasteiger partial charge is 0.337 e. The van der Waals surface area contributed by atoms with Gasteiger partial charge in [-0.1, -0.05) is 37.1 Å². The number of benzene rings is 2. The van der Waals surface area contributed by atoms with Crippen molar-refractivity contribution >= 4 is 11.9 Å². The van der Waals surface area contributed by atoms with Crippen LogP contribution in [0, 0.1) is 5.92 Å². The van der Waals surface area contributed by atoms with E-state index in [2.05, 4.69) is 6.07 Å². The molecule has 0 amide bonds. The molecule has 0 saturated carbocycles. The minimum atomic E-state index is -0.290. The Kier molecular flexibility index (Phi) is 9.35. The highest BCUT2D eigenvalue weighted by Crippen LogP contribution is 2.41. The van der Waals surface area contributed by atoms with Crippen molar-refractivity contribution in [1.82, 2.24) is 0 Å². The number of phenols is 1. The number of phenolic OH excluding ortho intramolecular Hbond substituents is 1. The van der Waals surface area contributed by atoms with Crippen LogP contribution in [0.1, 0.15) is 84.3 Å². The van der Waals surface area contributed by atoms with Crippen molar-refractivity contribution < 1.29 is 24.2 Å². The van der Waals surface area contributed by atoms with Crippen molar-refractivity contribution in [3.05, 3.63) is 64.7 Å². The molecule has 0 aliphatic heterocycles. The molecular weight excluding hydrogens is 416 g/mol. The molecule has 3 rings (SSSR count). The molecule has 178 valence electrons. The highest BCUT2D eigenvalue weighted by atomic mass is 16.5. The van der Waals surface area contributed by atoms with Gasteiger partial charge in [-0.05, 0) is 91.7 Å². The average molecular weight is 453 g/mol. The molecule has 0 fully saturated rings. The molecule has 1 N–H and O–H groups in total. The zero-order chi connectivity index (χ0) is 23.6. The summed E-state index contributed by atoms with van der Waals surface area (Å²) >= 11 is 0. The van der Waals surface area contributed by atoms with Crippen molar-refractivity contribution in [3.63, 3.8) is 0 Å². The summed E-state index contributed by atoms with van der Waals surface area (Å²) in [6, 6.07) is 13.6. The Hall–Kier alpha value is -2.82. The van der Waals surface area contributed by atoms with Crippen molar-refractivity contribution in [1.29, 1.82) is 0 Å². The van der Waals surface area contributed by atoms with Crippen LogP contribution in [0.2, 0.25) is 0 Å². The molecule has 2 atom stereocenters. The first-order valence-corrected chi connectivity index (χ1v) is 12.1. The zero-order valence-corrected chi connectivity index (χ0v) is 19.8. The number of methoxy groups -OCH3 is 2. The third-order valence-corrected chi connectivity index (χ3v) is 6.95. The number of para-hydroxylation sites is 1. The standard InChI is InChI=1S/C28H36O5/c1-32-27(30)14-5-3-4-9-20(15-16-21-10-6-7-13-26(21)29)24-12-8-11-22-19-23(28(31)33-2)17-18-25(22)24/h6-7,10,13,17-20,24,29H,3-5,8-9,11-12,14-16H2,1-2H3. The lowest BCUT2D eigenvalue weighted by Gasteiger charge is -2.33. The van der Waals surface area contributed by atoms with E-state index in [9.17, 15) is 14.7 Å². The monoisotopic (exact) mass is 452 g/mol. The fourth-order valence-electron chi connectivity index (χ4n) is 5.15. The van der Waals surface area contributed by atoms with E-state index in [0.29, 0.717) is 29.6 Å². The fourth-order valence-corrected chi connectivity index (χ4v) is 5.15. The van der Waals surface area contributed by atoms with Crippen LogP contribution >= 0.6 is 0 Å². The second-order valence-electron chi connectivity index (χ2n) is 9.01. The molecule has 0 saturated heterocycles. The highest BCUT2D eigenvalue weighted by molar-refractivity contribution is 5.89. The third-order valence-electron chi connectivity index (χ3n) is 6.95. The van der Waals surface area contributed by atoms with E-state index in [4.69, 9.17) is 9.47 Å². The minimum Gasteiger partial charge on any atom is -0.508 e. The lowest BCUT2D eigenvalue weighted by atomic mass is 9.72. The average Bonchev–Trinajstić information content (AvgIpc) is 2.85. The number of carbonyl (C=O) groups is 2. The number of carbonyl (C=O) groups excluding carboxylic acids is 2. The van der Waals surface area contributed by atoms with Gasteiger partial charge >= 0.3 is 11.9 Å². The first-order valence-electron chi connectivity index (χ1n) is 12.1. The van der Waals surface area contributed by atoms with Gasteiger partial charge in [-0.15, -0.1) is 0 Å². The Bertz CT molecular complexity index is 936. The number of aromatic hydroxyl groups is 1. The molecule has 2 aromatic carbocycles. The van der Waals surface area contributed by atoms with E-state index < -0.39 is 0 Å². The van der Waals surface area contributed by atoms with E-state index in [1.807, 2.05) is 30.3 Å². The van der Waals surface area contributed by atoms with E-state index in [1.165, 1.54) is 25.3 Å². The van der Waals surface area contributed by atoms with Crippen molar-refractivity contribution in [3.8, 4) is 5.75 Å². The van der Waals surface area contributed by atoms with Gasteiger partial charge in [0.15, 0.2) is 0 Å². The molecule has 2 unspecified atom stereocenters. The number of ether oxygens (including phenoxy) is 2. The molecule has 0 spiro atoms. The van der Waals surface area contributed by atoms with Crippen molar-refractivity contribution in [2.24, 2.45) is 5.92 Å². The summed E-state index contributed by atoms with van der Waals surface area (Å²) in [6.07, 6.45) is 9.54. The van der Waals surface area contributed by atoms with Gasteiger partial charge in [-0.3, -0.25) is 4.79 Å². The number of esters is 2. The first kappa shape index (κ1) is 24.8. The Morgan fingerprint density at radius 3 is 2.61 bits per heavy atom. The Labute approximate surface area is 197 Å². The number of hydrogen-bond acceptors (Lipinski definition) is 5. The molecule has 0 aromatic heterocycles. The van der Waals surface area contributed by atoms with Gasteiger partial charge in [0.25, 0.3) is 0 Å². The molecular formula is C28H36O5. The normalized spacial score (nSPS) is 16.0. The van der Waals surface area contributed by atoms with E-state index in [0.717, 1.165) is 63.4 Å². The van der Waals surface area contributed by atoms with Crippen LogP contribution in [-0.2, 0) is 27.1 Å². The highest BCUT2D eigenvalue weighted by Gasteiger charge is 2.28. The summed E-state index contributed by atoms with van der Waals surface area (Å²) in [5.74, 6) is 0.842. The summed E-state index contributed by atoms with van der Waals surface area (Å²) < 4.78 is 9.66. The maximum absolute atomic E-state index is 12.0. The van der Waals surface area contributed by atoms with Crippen LogP contribution in [-0.4, -0.2) is 31.3 Å². The predicted octanol–water partition coefficient (Wildman–Crippen LogP) is 5.97. The quantitative estimate of drug-likeness (QED) is 0.336. The molecule has 0 radical (unpaired) electrons. The number of aryl methyl sites for hydroxylation is 2. The molecule has 1 aliphatic carbocycles. The largest absolute Gasteiger partial charge is 0.508 e. The Morgan fingerprint density at radius 2 is 1.85 bits per heavy atom. The van der Waals surface area contributed by atoms with Gasteiger partial charge in [0.1, 0.15) is 5.75 Å². The lowest BCUT2D eigenvalue weighted by Crippen LogP contribution is -2.20. The van der Waals surface area contributed by atoms with Crippen LogP contribution in [0.3, 0.4) is 0 Å². The number of hydrogen-bond donors (Lipinski definition) is 1. The van der Waals surface area contributed by atoms with E-state index in [1.54, 1.807) is 6.07 Å². The van der Waals surface area contributed by atoms with Crippen LogP contribution in [0.15, 0.2) is 42.5 Å².